The van der Waals surface area contributed by atoms with E-state index in [1.54, 1.807) is 18.2 Å². The second-order valence-corrected chi connectivity index (χ2v) is 5.51. The van der Waals surface area contributed by atoms with Gasteiger partial charge in [0.1, 0.15) is 0 Å². The summed E-state index contributed by atoms with van der Waals surface area (Å²) in [4.78, 5) is 17.7. The topological polar surface area (TPSA) is 66.8 Å². The molecule has 0 aliphatic carbocycles. The molecular weight excluding hydrogens is 342 g/mol. The van der Waals surface area contributed by atoms with Gasteiger partial charge in [-0.1, -0.05) is 30.3 Å². The van der Waals surface area contributed by atoms with Crippen LogP contribution in [0.3, 0.4) is 0 Å². The average molecular weight is 350 g/mol. The lowest BCUT2D eigenvalue weighted by molar-refractivity contribution is 0.283. The summed E-state index contributed by atoms with van der Waals surface area (Å²) in [5.41, 5.74) is 0. The molecule has 0 bridgehead atoms. The third-order valence-electron chi connectivity index (χ3n) is 2.04. The molecule has 16 heavy (non-hydrogen) atoms. The van der Waals surface area contributed by atoms with Gasteiger partial charge < -0.3 is 4.52 Å². The van der Waals surface area contributed by atoms with Crippen molar-refractivity contribution in [3.05, 3.63) is 40.0 Å². The molecule has 2 rings (SSSR count). The van der Waals surface area contributed by atoms with Gasteiger partial charge in [0.2, 0.25) is 0 Å². The molecule has 0 unspecified atom stereocenters. The fourth-order valence-electron chi connectivity index (χ4n) is 1.43. The molecule has 0 aliphatic heterocycles. The Kier molecular flexibility index (Phi) is 3.21. The van der Waals surface area contributed by atoms with Crippen LogP contribution >= 0.6 is 30.4 Å². The van der Waals surface area contributed by atoms with E-state index in [2.05, 4.69) is 0 Å². The number of phosphoric ester groups is 1. The first-order valence-electron chi connectivity index (χ1n) is 4.40. The molecule has 2 aromatic carbocycles. The van der Waals surface area contributed by atoms with Crippen LogP contribution in [0.15, 0.2) is 36.4 Å². The zero-order valence-corrected chi connectivity index (χ0v) is 11.1. The zero-order valence-electron chi connectivity index (χ0n) is 8.00. The molecule has 0 saturated carbocycles. The van der Waals surface area contributed by atoms with E-state index < -0.39 is 7.82 Å². The Bertz CT molecular complexity index is 578. The maximum atomic E-state index is 10.9. The SMILES string of the molecule is O=P(O)(O)Oc1c(I)ccc2ccccc12. The lowest BCUT2D eigenvalue weighted by Gasteiger charge is -2.11. The number of rotatable bonds is 2. The number of benzene rings is 2. The lowest BCUT2D eigenvalue weighted by atomic mass is 10.1. The van der Waals surface area contributed by atoms with Gasteiger partial charge in [0.25, 0.3) is 0 Å². The summed E-state index contributed by atoms with van der Waals surface area (Å²) in [6.45, 7) is 0. The smallest absolute Gasteiger partial charge is 0.402 e. The normalized spacial score (nSPS) is 11.7. The Morgan fingerprint density at radius 1 is 1.12 bits per heavy atom. The second kappa shape index (κ2) is 4.33. The number of fused-ring (bicyclic) bond motifs is 1. The molecule has 2 N–H and O–H groups in total. The highest BCUT2D eigenvalue weighted by atomic mass is 127. The van der Waals surface area contributed by atoms with Crippen LogP contribution in [0.2, 0.25) is 0 Å². The number of halogens is 1. The Labute approximate surface area is 106 Å². The van der Waals surface area contributed by atoms with Gasteiger partial charge in [-0.2, -0.15) is 0 Å². The summed E-state index contributed by atoms with van der Waals surface area (Å²) >= 11 is 1.98. The molecule has 0 atom stereocenters. The lowest BCUT2D eigenvalue weighted by Crippen LogP contribution is -1.93. The molecule has 0 amide bonds. The van der Waals surface area contributed by atoms with Gasteiger partial charge in [-0.3, -0.25) is 9.79 Å². The average Bonchev–Trinajstić information content (AvgIpc) is 2.21. The van der Waals surface area contributed by atoms with E-state index in [1.807, 2.05) is 40.8 Å². The molecule has 0 aliphatic rings. The van der Waals surface area contributed by atoms with Gasteiger partial charge in [-0.05, 0) is 34.0 Å². The maximum absolute atomic E-state index is 10.9. The van der Waals surface area contributed by atoms with Crippen LogP contribution in [0, 0.1) is 3.57 Å². The molecule has 6 heteroatoms. The Morgan fingerprint density at radius 3 is 2.50 bits per heavy atom. The molecule has 0 fully saturated rings. The molecular formula is C10H8IO4P. The van der Waals surface area contributed by atoms with Crippen LogP contribution in [0.1, 0.15) is 0 Å². The van der Waals surface area contributed by atoms with Crippen LogP contribution in [-0.2, 0) is 4.57 Å². The Morgan fingerprint density at radius 2 is 1.81 bits per heavy atom. The van der Waals surface area contributed by atoms with Crippen molar-refractivity contribution in [2.45, 2.75) is 0 Å². The van der Waals surface area contributed by atoms with E-state index in [4.69, 9.17) is 14.3 Å². The van der Waals surface area contributed by atoms with E-state index in [0.29, 0.717) is 8.96 Å². The van der Waals surface area contributed by atoms with Crippen molar-refractivity contribution >= 4 is 41.2 Å². The molecule has 4 nitrogen and oxygen atoms in total. The van der Waals surface area contributed by atoms with Gasteiger partial charge in [0.15, 0.2) is 5.75 Å². The van der Waals surface area contributed by atoms with E-state index >= 15 is 0 Å². The van der Waals surface area contributed by atoms with Crippen molar-refractivity contribution in [2.24, 2.45) is 0 Å². The molecule has 0 saturated heterocycles. The largest absolute Gasteiger partial charge is 0.524 e. The summed E-state index contributed by atoms with van der Waals surface area (Å²) in [5, 5.41) is 1.57. The van der Waals surface area contributed by atoms with E-state index in [-0.39, 0.29) is 5.75 Å². The first kappa shape index (κ1) is 11.9. The number of hydrogen-bond donors (Lipinski definition) is 2. The quantitative estimate of drug-likeness (QED) is 0.646. The molecule has 0 aromatic heterocycles. The maximum Gasteiger partial charge on any atom is 0.524 e. The van der Waals surface area contributed by atoms with Gasteiger partial charge in [-0.15, -0.1) is 0 Å². The molecule has 0 radical (unpaired) electrons. The predicted molar refractivity (Wildman–Crippen MR) is 69.3 cm³/mol. The van der Waals surface area contributed by atoms with Gasteiger partial charge in [0.05, 0.1) is 3.57 Å². The number of hydrogen-bond acceptors (Lipinski definition) is 2. The summed E-state index contributed by atoms with van der Waals surface area (Å²) in [6, 6.07) is 10.9. The Hall–Kier alpha value is -0.620. The minimum Gasteiger partial charge on any atom is -0.402 e. The third kappa shape index (κ3) is 2.55. The van der Waals surface area contributed by atoms with E-state index in [0.717, 1.165) is 5.39 Å². The fraction of sp³-hybridized carbons (Fsp3) is 0. The van der Waals surface area contributed by atoms with Crippen molar-refractivity contribution in [1.29, 1.82) is 0 Å². The summed E-state index contributed by atoms with van der Waals surface area (Å²) < 4.78 is 16.2. The van der Waals surface area contributed by atoms with Crippen LogP contribution in [0.5, 0.6) is 5.75 Å². The van der Waals surface area contributed by atoms with Gasteiger partial charge >= 0.3 is 7.82 Å². The van der Waals surface area contributed by atoms with E-state index in [1.165, 1.54) is 0 Å². The van der Waals surface area contributed by atoms with Crippen molar-refractivity contribution < 1.29 is 18.9 Å². The van der Waals surface area contributed by atoms with Crippen LogP contribution in [0.25, 0.3) is 10.8 Å². The zero-order chi connectivity index (χ0) is 11.8. The molecule has 0 spiro atoms. The summed E-state index contributed by atoms with van der Waals surface area (Å²) in [6.07, 6.45) is 0. The molecule has 84 valence electrons. The van der Waals surface area contributed by atoms with Crippen LogP contribution in [-0.4, -0.2) is 9.79 Å². The first-order chi connectivity index (χ1) is 7.47. The highest BCUT2D eigenvalue weighted by Crippen LogP contribution is 2.42. The first-order valence-corrected chi connectivity index (χ1v) is 7.01. The number of phosphoric acid groups is 1. The summed E-state index contributed by atoms with van der Waals surface area (Å²) in [7, 11) is -4.52. The van der Waals surface area contributed by atoms with Crippen molar-refractivity contribution in [3.8, 4) is 5.75 Å². The second-order valence-electron chi connectivity index (χ2n) is 3.18. The molecule has 0 heterocycles. The van der Waals surface area contributed by atoms with Crippen molar-refractivity contribution in [1.82, 2.24) is 0 Å². The van der Waals surface area contributed by atoms with Gasteiger partial charge in [0, 0.05) is 5.39 Å². The minimum absolute atomic E-state index is 0.229. The van der Waals surface area contributed by atoms with Gasteiger partial charge in [-0.25, -0.2) is 4.57 Å². The minimum atomic E-state index is -4.52. The van der Waals surface area contributed by atoms with Crippen LogP contribution in [0.4, 0.5) is 0 Å². The standard InChI is InChI=1S/C10H8IO4P/c11-9-6-5-7-3-1-2-4-8(7)10(9)15-16(12,13)14/h1-6H,(H2,12,13,14). The molecule has 2 aromatic rings. The monoisotopic (exact) mass is 350 g/mol. The van der Waals surface area contributed by atoms with Crippen molar-refractivity contribution in [3.63, 3.8) is 0 Å². The fourth-order valence-corrected chi connectivity index (χ4v) is 2.62. The summed E-state index contributed by atoms with van der Waals surface area (Å²) in [5.74, 6) is 0.229. The highest BCUT2D eigenvalue weighted by Gasteiger charge is 2.19. The third-order valence-corrected chi connectivity index (χ3v) is 3.31. The van der Waals surface area contributed by atoms with Crippen LogP contribution < -0.4 is 4.52 Å². The Balaban J connectivity index is 2.66. The highest BCUT2D eigenvalue weighted by molar-refractivity contribution is 14.1. The predicted octanol–water partition coefficient (Wildman–Crippen LogP) is 2.92. The van der Waals surface area contributed by atoms with Crippen molar-refractivity contribution in [2.75, 3.05) is 0 Å². The van der Waals surface area contributed by atoms with E-state index in [9.17, 15) is 4.57 Å².